The first-order valence-electron chi connectivity index (χ1n) is 7.13. The SMILES string of the molecule is CCCOc1cc(NCC2CCC(O)C2)ccc1N. The summed E-state index contributed by atoms with van der Waals surface area (Å²) < 4.78 is 5.61. The van der Waals surface area contributed by atoms with Gasteiger partial charge in [-0.3, -0.25) is 0 Å². The Morgan fingerprint density at radius 3 is 2.95 bits per heavy atom. The summed E-state index contributed by atoms with van der Waals surface area (Å²) >= 11 is 0. The molecule has 2 atom stereocenters. The molecule has 1 fully saturated rings. The zero-order valence-corrected chi connectivity index (χ0v) is 11.6. The van der Waals surface area contributed by atoms with E-state index in [-0.39, 0.29) is 6.10 Å². The molecule has 0 aromatic heterocycles. The number of benzene rings is 1. The molecule has 1 aromatic carbocycles. The van der Waals surface area contributed by atoms with Crippen molar-refractivity contribution in [3.63, 3.8) is 0 Å². The molecule has 4 nitrogen and oxygen atoms in total. The predicted molar refractivity (Wildman–Crippen MR) is 78.5 cm³/mol. The van der Waals surface area contributed by atoms with Crippen molar-refractivity contribution in [3.05, 3.63) is 18.2 Å². The minimum Gasteiger partial charge on any atom is -0.491 e. The lowest BCUT2D eigenvalue weighted by molar-refractivity contribution is 0.178. The summed E-state index contributed by atoms with van der Waals surface area (Å²) in [6.45, 7) is 3.65. The van der Waals surface area contributed by atoms with Crippen LogP contribution in [0.25, 0.3) is 0 Å². The molecule has 1 aliphatic rings. The van der Waals surface area contributed by atoms with Crippen molar-refractivity contribution < 1.29 is 9.84 Å². The van der Waals surface area contributed by atoms with Crippen LogP contribution >= 0.6 is 0 Å². The number of nitrogens with two attached hydrogens (primary N) is 1. The summed E-state index contributed by atoms with van der Waals surface area (Å²) in [6.07, 6.45) is 3.79. The Hall–Kier alpha value is -1.42. The summed E-state index contributed by atoms with van der Waals surface area (Å²) in [4.78, 5) is 0. The van der Waals surface area contributed by atoms with Crippen molar-refractivity contribution in [2.75, 3.05) is 24.2 Å². The highest BCUT2D eigenvalue weighted by atomic mass is 16.5. The molecule has 1 aliphatic carbocycles. The van der Waals surface area contributed by atoms with Gasteiger partial charge in [0.2, 0.25) is 0 Å². The molecule has 2 unspecified atom stereocenters. The topological polar surface area (TPSA) is 67.5 Å². The van der Waals surface area contributed by atoms with E-state index in [0.29, 0.717) is 18.2 Å². The number of anilines is 2. The Balaban J connectivity index is 1.89. The molecule has 0 heterocycles. The first kappa shape index (κ1) is 14.0. The highest BCUT2D eigenvalue weighted by molar-refractivity contribution is 5.61. The predicted octanol–water partition coefficient (Wildman–Crippen LogP) is 2.63. The van der Waals surface area contributed by atoms with Gasteiger partial charge in [0.25, 0.3) is 0 Å². The normalized spacial score (nSPS) is 22.4. The van der Waals surface area contributed by atoms with Crippen molar-refractivity contribution in [2.24, 2.45) is 5.92 Å². The van der Waals surface area contributed by atoms with Crippen molar-refractivity contribution in [1.29, 1.82) is 0 Å². The third-order valence-corrected chi connectivity index (χ3v) is 3.58. The fraction of sp³-hybridized carbons (Fsp3) is 0.600. The zero-order chi connectivity index (χ0) is 13.7. The fourth-order valence-corrected chi connectivity index (χ4v) is 2.48. The summed E-state index contributed by atoms with van der Waals surface area (Å²) in [7, 11) is 0. The molecule has 2 rings (SSSR count). The van der Waals surface area contributed by atoms with Crippen LogP contribution in [0.4, 0.5) is 11.4 Å². The highest BCUT2D eigenvalue weighted by Gasteiger charge is 2.22. The maximum absolute atomic E-state index is 9.51. The number of nitrogens with one attached hydrogen (secondary N) is 1. The van der Waals surface area contributed by atoms with Crippen LogP contribution in [0.1, 0.15) is 32.6 Å². The van der Waals surface area contributed by atoms with E-state index < -0.39 is 0 Å². The number of hydrogen-bond donors (Lipinski definition) is 3. The minimum absolute atomic E-state index is 0.110. The van der Waals surface area contributed by atoms with E-state index in [1.54, 1.807) is 0 Å². The van der Waals surface area contributed by atoms with Gasteiger partial charge in [-0.1, -0.05) is 6.92 Å². The monoisotopic (exact) mass is 264 g/mol. The van der Waals surface area contributed by atoms with Crippen molar-refractivity contribution in [3.8, 4) is 5.75 Å². The molecule has 0 aliphatic heterocycles. The number of nitrogen functional groups attached to an aromatic ring is 1. The summed E-state index contributed by atoms with van der Waals surface area (Å²) in [6, 6.07) is 5.80. The Labute approximate surface area is 115 Å². The number of aliphatic hydroxyl groups excluding tert-OH is 1. The van der Waals surface area contributed by atoms with E-state index in [0.717, 1.165) is 43.7 Å². The third kappa shape index (κ3) is 4.03. The van der Waals surface area contributed by atoms with Gasteiger partial charge in [0.1, 0.15) is 5.75 Å². The van der Waals surface area contributed by atoms with E-state index in [9.17, 15) is 5.11 Å². The summed E-state index contributed by atoms with van der Waals surface area (Å²) in [5.74, 6) is 1.31. The molecule has 0 spiro atoms. The van der Waals surface area contributed by atoms with Crippen molar-refractivity contribution in [1.82, 2.24) is 0 Å². The lowest BCUT2D eigenvalue weighted by Gasteiger charge is -2.14. The minimum atomic E-state index is -0.110. The molecule has 0 amide bonds. The second-order valence-corrected chi connectivity index (χ2v) is 5.31. The van der Waals surface area contributed by atoms with Crippen LogP contribution in [0.5, 0.6) is 5.75 Å². The quantitative estimate of drug-likeness (QED) is 0.691. The average Bonchev–Trinajstić information content (AvgIpc) is 2.82. The maximum Gasteiger partial charge on any atom is 0.144 e. The molecule has 0 bridgehead atoms. The van der Waals surface area contributed by atoms with Gasteiger partial charge in [-0.15, -0.1) is 0 Å². The van der Waals surface area contributed by atoms with Crippen LogP contribution < -0.4 is 15.8 Å². The fourth-order valence-electron chi connectivity index (χ4n) is 2.48. The van der Waals surface area contributed by atoms with Crippen LogP contribution in [0.15, 0.2) is 18.2 Å². The number of hydrogen-bond acceptors (Lipinski definition) is 4. The van der Waals surface area contributed by atoms with Crippen molar-refractivity contribution in [2.45, 2.75) is 38.7 Å². The summed E-state index contributed by atoms with van der Waals surface area (Å²) in [5, 5.41) is 12.9. The first-order chi connectivity index (χ1) is 9.19. The molecule has 4 N–H and O–H groups in total. The van der Waals surface area contributed by atoms with Gasteiger partial charge in [-0.05, 0) is 43.7 Å². The second-order valence-electron chi connectivity index (χ2n) is 5.31. The highest BCUT2D eigenvalue weighted by Crippen LogP contribution is 2.28. The Kier molecular flexibility index (Phi) is 4.91. The van der Waals surface area contributed by atoms with Gasteiger partial charge >= 0.3 is 0 Å². The molecule has 0 saturated heterocycles. The average molecular weight is 264 g/mol. The molecule has 1 aromatic rings. The van der Waals surface area contributed by atoms with E-state index in [1.165, 1.54) is 0 Å². The Morgan fingerprint density at radius 2 is 2.26 bits per heavy atom. The number of aliphatic hydroxyl groups is 1. The summed E-state index contributed by atoms with van der Waals surface area (Å²) in [5.41, 5.74) is 7.59. The van der Waals surface area contributed by atoms with E-state index in [1.807, 2.05) is 18.2 Å². The lowest BCUT2D eigenvalue weighted by Crippen LogP contribution is -2.12. The van der Waals surface area contributed by atoms with E-state index in [2.05, 4.69) is 12.2 Å². The van der Waals surface area contributed by atoms with E-state index in [4.69, 9.17) is 10.5 Å². The van der Waals surface area contributed by atoms with Gasteiger partial charge in [0.15, 0.2) is 0 Å². The zero-order valence-electron chi connectivity index (χ0n) is 11.6. The molecule has 0 radical (unpaired) electrons. The van der Waals surface area contributed by atoms with Crippen LogP contribution in [0, 0.1) is 5.92 Å². The van der Waals surface area contributed by atoms with Crippen LogP contribution in [-0.2, 0) is 0 Å². The Morgan fingerprint density at radius 1 is 1.42 bits per heavy atom. The Bertz CT molecular complexity index is 409. The van der Waals surface area contributed by atoms with Crippen LogP contribution in [0.2, 0.25) is 0 Å². The maximum atomic E-state index is 9.51. The van der Waals surface area contributed by atoms with Gasteiger partial charge in [0, 0.05) is 18.3 Å². The third-order valence-electron chi connectivity index (χ3n) is 3.58. The lowest BCUT2D eigenvalue weighted by atomic mass is 10.1. The standard InChI is InChI=1S/C15H24N2O2/c1-2-7-19-15-9-12(4-6-14(15)16)17-10-11-3-5-13(18)8-11/h4,6,9,11,13,17-18H,2-3,5,7-8,10,16H2,1H3. The molecule has 1 saturated carbocycles. The van der Waals surface area contributed by atoms with Gasteiger partial charge in [0.05, 0.1) is 18.4 Å². The second kappa shape index (κ2) is 6.66. The van der Waals surface area contributed by atoms with Crippen LogP contribution in [-0.4, -0.2) is 24.4 Å². The van der Waals surface area contributed by atoms with Gasteiger partial charge < -0.3 is 20.9 Å². The molecule has 19 heavy (non-hydrogen) atoms. The van der Waals surface area contributed by atoms with Gasteiger partial charge in [-0.2, -0.15) is 0 Å². The van der Waals surface area contributed by atoms with E-state index >= 15 is 0 Å². The van der Waals surface area contributed by atoms with Crippen molar-refractivity contribution >= 4 is 11.4 Å². The van der Waals surface area contributed by atoms with Gasteiger partial charge in [-0.25, -0.2) is 0 Å². The largest absolute Gasteiger partial charge is 0.491 e. The van der Waals surface area contributed by atoms with Crippen LogP contribution in [0.3, 0.4) is 0 Å². The molecular weight excluding hydrogens is 240 g/mol. The smallest absolute Gasteiger partial charge is 0.144 e. The molecule has 4 heteroatoms. The number of ether oxygens (including phenoxy) is 1. The molecule has 106 valence electrons. The first-order valence-corrected chi connectivity index (χ1v) is 7.13. The molecular formula is C15H24N2O2. The number of rotatable bonds is 6.